The zero-order valence-corrected chi connectivity index (χ0v) is 17.7. The Kier molecular flexibility index (Phi) is 5.33. The number of carbonyl (C=O) groups is 1. The molecule has 28 heavy (non-hydrogen) atoms. The number of aromatic nitrogens is 2. The number of carbonyl (C=O) groups excluding carboxylic acids is 1. The first-order chi connectivity index (χ1) is 13.5. The lowest BCUT2D eigenvalue weighted by Crippen LogP contribution is -2.28. The van der Waals surface area contributed by atoms with Crippen LogP contribution < -0.4 is 5.32 Å². The third-order valence-corrected chi connectivity index (χ3v) is 7.04. The molecule has 4 rings (SSSR count). The first-order valence-corrected chi connectivity index (χ1v) is 11.0. The summed E-state index contributed by atoms with van der Waals surface area (Å²) in [6.45, 7) is 6.21. The van der Waals surface area contributed by atoms with E-state index in [9.17, 15) is 4.79 Å². The predicted molar refractivity (Wildman–Crippen MR) is 118 cm³/mol. The molecule has 0 aliphatic heterocycles. The summed E-state index contributed by atoms with van der Waals surface area (Å²) < 4.78 is 0. The SMILES string of the molecule is Cc1sc2ncnc(SCC(=O)N[C@H](C)c3cccc4ccccc34)c2c1C. The quantitative estimate of drug-likeness (QED) is 0.354. The summed E-state index contributed by atoms with van der Waals surface area (Å²) in [7, 11) is 0. The van der Waals surface area contributed by atoms with Crippen LogP contribution in [0, 0.1) is 13.8 Å². The van der Waals surface area contributed by atoms with Crippen molar-refractivity contribution in [3.63, 3.8) is 0 Å². The molecule has 0 fully saturated rings. The van der Waals surface area contributed by atoms with Crippen LogP contribution in [0.3, 0.4) is 0 Å². The molecule has 1 atom stereocenters. The molecule has 4 aromatic rings. The van der Waals surface area contributed by atoms with Crippen molar-refractivity contribution in [1.29, 1.82) is 0 Å². The normalized spacial score (nSPS) is 12.4. The summed E-state index contributed by atoms with van der Waals surface area (Å²) in [5.41, 5.74) is 2.33. The van der Waals surface area contributed by atoms with Gasteiger partial charge in [0, 0.05) is 10.3 Å². The molecule has 0 saturated carbocycles. The van der Waals surface area contributed by atoms with Crippen LogP contribution in [0.2, 0.25) is 0 Å². The highest BCUT2D eigenvalue weighted by atomic mass is 32.2. The van der Waals surface area contributed by atoms with Crippen molar-refractivity contribution in [2.75, 3.05) is 5.75 Å². The molecule has 4 nitrogen and oxygen atoms in total. The number of hydrogen-bond donors (Lipinski definition) is 1. The van der Waals surface area contributed by atoms with Crippen molar-refractivity contribution in [2.45, 2.75) is 31.8 Å². The van der Waals surface area contributed by atoms with Crippen LogP contribution in [0.15, 0.2) is 53.8 Å². The van der Waals surface area contributed by atoms with Crippen LogP contribution in [-0.4, -0.2) is 21.6 Å². The molecule has 0 bridgehead atoms. The second-order valence-corrected chi connectivity index (χ2v) is 8.96. The number of nitrogens with zero attached hydrogens (tertiary/aromatic N) is 2. The Morgan fingerprint density at radius 1 is 1.14 bits per heavy atom. The van der Waals surface area contributed by atoms with Gasteiger partial charge in [0.2, 0.25) is 5.91 Å². The Bertz CT molecular complexity index is 1160. The van der Waals surface area contributed by atoms with Crippen LogP contribution in [-0.2, 0) is 4.79 Å². The standard InChI is InChI=1S/C22H21N3OS2/c1-13-15(3)28-22-20(13)21(23-12-24-22)27-11-19(26)25-14(2)17-10-6-8-16-7-4-5-9-18(16)17/h4-10,12,14H,11H2,1-3H3,(H,25,26)/t14-/m1/s1. The fourth-order valence-corrected chi connectivity index (χ4v) is 5.31. The fourth-order valence-electron chi connectivity index (χ4n) is 3.38. The third-order valence-electron chi connectivity index (χ3n) is 4.94. The van der Waals surface area contributed by atoms with Gasteiger partial charge in [-0.3, -0.25) is 4.79 Å². The molecule has 0 spiro atoms. The number of aryl methyl sites for hydroxylation is 2. The Labute approximate surface area is 172 Å². The first kappa shape index (κ1) is 18.9. The van der Waals surface area contributed by atoms with Crippen molar-refractivity contribution < 1.29 is 4.79 Å². The topological polar surface area (TPSA) is 54.9 Å². The van der Waals surface area contributed by atoms with Gasteiger partial charge >= 0.3 is 0 Å². The molecule has 0 radical (unpaired) electrons. The highest BCUT2D eigenvalue weighted by Gasteiger charge is 2.16. The van der Waals surface area contributed by atoms with Gasteiger partial charge in [0.25, 0.3) is 0 Å². The molecule has 0 saturated heterocycles. The van der Waals surface area contributed by atoms with Gasteiger partial charge in [-0.2, -0.15) is 0 Å². The summed E-state index contributed by atoms with van der Waals surface area (Å²) in [4.78, 5) is 23.6. The van der Waals surface area contributed by atoms with Gasteiger partial charge in [-0.1, -0.05) is 54.2 Å². The largest absolute Gasteiger partial charge is 0.349 e. The minimum atomic E-state index is -0.0604. The molecule has 2 aromatic heterocycles. The summed E-state index contributed by atoms with van der Waals surface area (Å²) in [5, 5.41) is 7.43. The van der Waals surface area contributed by atoms with Crippen molar-refractivity contribution in [3.05, 3.63) is 64.8 Å². The van der Waals surface area contributed by atoms with Crippen LogP contribution >= 0.6 is 23.1 Å². The van der Waals surface area contributed by atoms with E-state index in [0.717, 1.165) is 20.8 Å². The van der Waals surface area contributed by atoms with Crippen molar-refractivity contribution >= 4 is 50.0 Å². The average Bonchev–Trinajstić information content (AvgIpc) is 3.00. The highest BCUT2D eigenvalue weighted by molar-refractivity contribution is 8.00. The van der Waals surface area contributed by atoms with Crippen molar-refractivity contribution in [3.8, 4) is 0 Å². The minimum Gasteiger partial charge on any atom is -0.349 e. The Morgan fingerprint density at radius 2 is 1.93 bits per heavy atom. The lowest BCUT2D eigenvalue weighted by Gasteiger charge is -2.16. The lowest BCUT2D eigenvalue weighted by molar-refractivity contribution is -0.119. The summed E-state index contributed by atoms with van der Waals surface area (Å²) in [6.07, 6.45) is 1.58. The lowest BCUT2D eigenvalue weighted by atomic mass is 10.00. The molecule has 2 heterocycles. The van der Waals surface area contributed by atoms with E-state index in [4.69, 9.17) is 0 Å². The molecule has 0 aliphatic carbocycles. The number of nitrogens with one attached hydrogen (secondary N) is 1. The van der Waals surface area contributed by atoms with Crippen LogP contribution in [0.25, 0.3) is 21.0 Å². The van der Waals surface area contributed by atoms with Crippen LogP contribution in [0.4, 0.5) is 0 Å². The first-order valence-electron chi connectivity index (χ1n) is 9.15. The molecule has 6 heteroatoms. The highest BCUT2D eigenvalue weighted by Crippen LogP contribution is 2.34. The fraction of sp³-hybridized carbons (Fsp3) is 0.227. The van der Waals surface area contributed by atoms with Crippen molar-refractivity contribution in [1.82, 2.24) is 15.3 Å². The number of hydrogen-bond acceptors (Lipinski definition) is 5. The van der Waals surface area contributed by atoms with E-state index in [1.54, 1.807) is 17.7 Å². The van der Waals surface area contributed by atoms with E-state index in [0.29, 0.717) is 5.75 Å². The molecule has 0 unspecified atom stereocenters. The van der Waals surface area contributed by atoms with Gasteiger partial charge in [0.05, 0.1) is 11.8 Å². The van der Waals surface area contributed by atoms with Gasteiger partial charge in [0.15, 0.2) is 0 Å². The second-order valence-electron chi connectivity index (χ2n) is 6.79. The maximum atomic E-state index is 12.6. The molecular formula is C22H21N3OS2. The predicted octanol–water partition coefficient (Wildman–Crippen LogP) is 5.43. The van der Waals surface area contributed by atoms with E-state index >= 15 is 0 Å². The van der Waals surface area contributed by atoms with Gasteiger partial charge in [0.1, 0.15) is 16.2 Å². The number of fused-ring (bicyclic) bond motifs is 2. The van der Waals surface area contributed by atoms with E-state index in [2.05, 4.69) is 53.4 Å². The monoisotopic (exact) mass is 407 g/mol. The van der Waals surface area contributed by atoms with E-state index in [1.807, 2.05) is 25.1 Å². The van der Waals surface area contributed by atoms with Gasteiger partial charge in [-0.25, -0.2) is 9.97 Å². The third kappa shape index (κ3) is 3.62. The van der Waals surface area contributed by atoms with Gasteiger partial charge in [-0.05, 0) is 42.7 Å². The van der Waals surface area contributed by atoms with Gasteiger partial charge < -0.3 is 5.32 Å². The van der Waals surface area contributed by atoms with E-state index < -0.39 is 0 Å². The zero-order valence-electron chi connectivity index (χ0n) is 16.0. The Balaban J connectivity index is 1.48. The van der Waals surface area contributed by atoms with E-state index in [1.165, 1.54) is 33.0 Å². The average molecular weight is 408 g/mol. The summed E-state index contributed by atoms with van der Waals surface area (Å²) >= 11 is 3.14. The maximum Gasteiger partial charge on any atom is 0.230 e. The number of rotatable bonds is 5. The molecular weight excluding hydrogens is 386 g/mol. The minimum absolute atomic E-state index is 0.00167. The Morgan fingerprint density at radius 3 is 2.79 bits per heavy atom. The number of thiophene rings is 1. The number of amides is 1. The van der Waals surface area contributed by atoms with Crippen molar-refractivity contribution in [2.24, 2.45) is 0 Å². The molecule has 1 N–H and O–H groups in total. The Hall–Kier alpha value is -2.44. The molecule has 0 aliphatic rings. The number of benzene rings is 2. The van der Waals surface area contributed by atoms with Crippen LogP contribution in [0.5, 0.6) is 0 Å². The van der Waals surface area contributed by atoms with Gasteiger partial charge in [-0.15, -0.1) is 11.3 Å². The van der Waals surface area contributed by atoms with E-state index in [-0.39, 0.29) is 11.9 Å². The molecule has 142 valence electrons. The molecule has 2 aromatic carbocycles. The van der Waals surface area contributed by atoms with Crippen LogP contribution in [0.1, 0.15) is 29.0 Å². The number of thioether (sulfide) groups is 1. The maximum absolute atomic E-state index is 12.6. The zero-order chi connectivity index (χ0) is 19.7. The smallest absolute Gasteiger partial charge is 0.230 e. The molecule has 1 amide bonds. The summed E-state index contributed by atoms with van der Waals surface area (Å²) in [5.74, 6) is 0.331. The second kappa shape index (κ2) is 7.89. The summed E-state index contributed by atoms with van der Waals surface area (Å²) in [6, 6.07) is 14.4.